The van der Waals surface area contributed by atoms with Crippen LogP contribution in [-0.4, -0.2) is 36.6 Å². The van der Waals surface area contributed by atoms with Crippen LogP contribution < -0.4 is 5.43 Å². The molecule has 1 saturated heterocycles. The Morgan fingerprint density at radius 2 is 1.79 bits per heavy atom. The summed E-state index contributed by atoms with van der Waals surface area (Å²) in [7, 11) is 0. The van der Waals surface area contributed by atoms with Crippen molar-refractivity contribution < 1.29 is 14.3 Å². The van der Waals surface area contributed by atoms with E-state index in [-0.39, 0.29) is 5.91 Å². The van der Waals surface area contributed by atoms with E-state index in [1.165, 1.54) is 6.42 Å². The predicted molar refractivity (Wildman–Crippen MR) is 73.1 cm³/mol. The molecule has 0 aromatic carbocycles. The highest BCUT2D eigenvalue weighted by Crippen LogP contribution is 2.27. The Balaban J connectivity index is 2.68. The zero-order chi connectivity index (χ0) is 14.5. The van der Waals surface area contributed by atoms with E-state index >= 15 is 0 Å². The predicted octanol–water partition coefficient (Wildman–Crippen LogP) is 1.73. The van der Waals surface area contributed by atoms with Gasteiger partial charge in [-0.3, -0.25) is 15.0 Å². The zero-order valence-corrected chi connectivity index (χ0v) is 12.5. The first-order chi connectivity index (χ1) is 8.86. The van der Waals surface area contributed by atoms with Gasteiger partial charge in [0.1, 0.15) is 5.92 Å². The van der Waals surface area contributed by atoms with Gasteiger partial charge in [0.05, 0.1) is 6.61 Å². The van der Waals surface area contributed by atoms with Crippen molar-refractivity contribution in [2.75, 3.05) is 19.7 Å². The molecular formula is C14H26N2O3. The fourth-order valence-electron chi connectivity index (χ4n) is 2.31. The van der Waals surface area contributed by atoms with Gasteiger partial charge >= 0.3 is 5.97 Å². The molecule has 5 heteroatoms. The Morgan fingerprint density at radius 3 is 2.26 bits per heavy atom. The second-order valence-electron chi connectivity index (χ2n) is 6.07. The number of hydrogen-bond acceptors (Lipinski definition) is 4. The van der Waals surface area contributed by atoms with Gasteiger partial charge in [-0.15, -0.1) is 0 Å². The van der Waals surface area contributed by atoms with E-state index in [1.54, 1.807) is 6.92 Å². The van der Waals surface area contributed by atoms with Gasteiger partial charge in [-0.2, -0.15) is 0 Å². The molecule has 1 fully saturated rings. The molecule has 1 aliphatic heterocycles. The summed E-state index contributed by atoms with van der Waals surface area (Å²) in [5.41, 5.74) is 2.41. The van der Waals surface area contributed by atoms with Crippen molar-refractivity contribution >= 4 is 11.9 Å². The summed E-state index contributed by atoms with van der Waals surface area (Å²) in [5.74, 6) is -1.47. The first-order valence-electron chi connectivity index (χ1n) is 7.08. The first-order valence-corrected chi connectivity index (χ1v) is 7.08. The molecule has 0 aliphatic carbocycles. The zero-order valence-electron chi connectivity index (χ0n) is 12.5. The average molecular weight is 270 g/mol. The topological polar surface area (TPSA) is 58.6 Å². The van der Waals surface area contributed by atoms with Gasteiger partial charge in [0.15, 0.2) is 0 Å². The molecule has 1 heterocycles. The van der Waals surface area contributed by atoms with Gasteiger partial charge in [-0.1, -0.05) is 27.2 Å². The molecule has 1 amide bonds. The standard InChI is InChI=1S/C14H26N2O3/c1-5-19-13(18)11(14(2,3)4)12(17)15-16-9-7-6-8-10-16/h11H,5-10H2,1-4H3,(H,15,17). The monoisotopic (exact) mass is 270 g/mol. The fraction of sp³-hybridized carbons (Fsp3) is 0.857. The molecule has 0 aromatic heterocycles. The van der Waals surface area contributed by atoms with E-state index in [9.17, 15) is 9.59 Å². The summed E-state index contributed by atoms with van der Waals surface area (Å²) >= 11 is 0. The molecule has 0 aromatic rings. The molecule has 0 saturated carbocycles. The SMILES string of the molecule is CCOC(=O)C(C(=O)NN1CCCCC1)C(C)(C)C. The van der Waals surface area contributed by atoms with Gasteiger partial charge in [0.25, 0.3) is 0 Å². The quantitative estimate of drug-likeness (QED) is 0.624. The van der Waals surface area contributed by atoms with Gasteiger partial charge in [-0.05, 0) is 25.2 Å². The highest BCUT2D eigenvalue weighted by molar-refractivity contribution is 5.98. The lowest BCUT2D eigenvalue weighted by Gasteiger charge is -2.32. The molecule has 1 atom stereocenters. The lowest BCUT2D eigenvalue weighted by atomic mass is 9.80. The van der Waals surface area contributed by atoms with E-state index in [2.05, 4.69) is 5.43 Å². The third-order valence-corrected chi connectivity index (χ3v) is 3.27. The maximum Gasteiger partial charge on any atom is 0.319 e. The molecule has 19 heavy (non-hydrogen) atoms. The van der Waals surface area contributed by atoms with E-state index in [0.717, 1.165) is 25.9 Å². The number of carbonyl (C=O) groups excluding carboxylic acids is 2. The van der Waals surface area contributed by atoms with Crippen LogP contribution in [0.2, 0.25) is 0 Å². The number of nitrogens with one attached hydrogen (secondary N) is 1. The molecule has 1 unspecified atom stereocenters. The number of amides is 1. The van der Waals surface area contributed by atoms with Gasteiger partial charge < -0.3 is 4.74 Å². The average Bonchev–Trinajstić information content (AvgIpc) is 2.28. The number of piperidine rings is 1. The fourth-order valence-corrected chi connectivity index (χ4v) is 2.31. The van der Waals surface area contributed by atoms with Crippen LogP contribution in [-0.2, 0) is 14.3 Å². The number of ether oxygens (including phenoxy) is 1. The largest absolute Gasteiger partial charge is 0.465 e. The van der Waals surface area contributed by atoms with Crippen molar-refractivity contribution in [3.8, 4) is 0 Å². The summed E-state index contributed by atoms with van der Waals surface area (Å²) in [5, 5.41) is 1.91. The molecular weight excluding hydrogens is 244 g/mol. The summed E-state index contributed by atoms with van der Waals surface area (Å²) in [4.78, 5) is 24.3. The van der Waals surface area contributed by atoms with Crippen molar-refractivity contribution in [2.45, 2.75) is 47.0 Å². The first kappa shape index (κ1) is 16.0. The van der Waals surface area contributed by atoms with Crippen LogP contribution in [0.1, 0.15) is 47.0 Å². The maximum absolute atomic E-state index is 12.3. The van der Waals surface area contributed by atoms with Crippen LogP contribution in [0.15, 0.2) is 0 Å². The van der Waals surface area contributed by atoms with Crippen molar-refractivity contribution in [1.29, 1.82) is 0 Å². The number of carbonyl (C=O) groups is 2. The summed E-state index contributed by atoms with van der Waals surface area (Å²) < 4.78 is 5.02. The molecule has 0 radical (unpaired) electrons. The van der Waals surface area contributed by atoms with E-state index in [0.29, 0.717) is 6.61 Å². The summed E-state index contributed by atoms with van der Waals surface area (Å²) in [6.45, 7) is 9.39. The second kappa shape index (κ2) is 6.89. The minimum absolute atomic E-state index is 0.257. The minimum atomic E-state index is -0.769. The maximum atomic E-state index is 12.3. The number of rotatable bonds is 4. The highest BCUT2D eigenvalue weighted by Gasteiger charge is 2.39. The van der Waals surface area contributed by atoms with Crippen LogP contribution >= 0.6 is 0 Å². The Kier molecular flexibility index (Phi) is 5.79. The van der Waals surface area contributed by atoms with Crippen molar-refractivity contribution in [2.24, 2.45) is 11.3 Å². The Morgan fingerprint density at radius 1 is 1.21 bits per heavy atom. The molecule has 0 spiro atoms. The highest BCUT2D eigenvalue weighted by atomic mass is 16.5. The van der Waals surface area contributed by atoms with Crippen molar-refractivity contribution in [1.82, 2.24) is 10.4 Å². The van der Waals surface area contributed by atoms with Crippen molar-refractivity contribution in [3.63, 3.8) is 0 Å². The number of nitrogens with zero attached hydrogens (tertiary/aromatic N) is 1. The summed E-state index contributed by atoms with van der Waals surface area (Å²) in [6.07, 6.45) is 3.37. The van der Waals surface area contributed by atoms with E-state index in [4.69, 9.17) is 4.74 Å². The third-order valence-electron chi connectivity index (χ3n) is 3.27. The van der Waals surface area contributed by atoms with Gasteiger partial charge in [0, 0.05) is 13.1 Å². The molecule has 110 valence electrons. The lowest BCUT2D eigenvalue weighted by Crippen LogP contribution is -2.51. The van der Waals surface area contributed by atoms with Crippen LogP contribution in [0.5, 0.6) is 0 Å². The van der Waals surface area contributed by atoms with Crippen molar-refractivity contribution in [3.05, 3.63) is 0 Å². The molecule has 1 N–H and O–H groups in total. The van der Waals surface area contributed by atoms with E-state index in [1.807, 2.05) is 25.8 Å². The van der Waals surface area contributed by atoms with Crippen LogP contribution in [0.4, 0.5) is 0 Å². The molecule has 1 rings (SSSR count). The van der Waals surface area contributed by atoms with Gasteiger partial charge in [0.2, 0.25) is 5.91 Å². The van der Waals surface area contributed by atoms with Gasteiger partial charge in [-0.25, -0.2) is 5.01 Å². The lowest BCUT2D eigenvalue weighted by molar-refractivity contribution is -0.158. The molecule has 0 bridgehead atoms. The van der Waals surface area contributed by atoms with Crippen LogP contribution in [0, 0.1) is 11.3 Å². The number of hydrogen-bond donors (Lipinski definition) is 1. The third kappa shape index (κ3) is 4.82. The molecule has 5 nitrogen and oxygen atoms in total. The normalized spacial score (nSPS) is 18.7. The Labute approximate surface area is 115 Å². The van der Waals surface area contributed by atoms with E-state index < -0.39 is 17.3 Å². The summed E-state index contributed by atoms with van der Waals surface area (Å²) in [6, 6.07) is 0. The molecule has 1 aliphatic rings. The van der Waals surface area contributed by atoms with Crippen LogP contribution in [0.25, 0.3) is 0 Å². The Hall–Kier alpha value is -1.10. The smallest absolute Gasteiger partial charge is 0.319 e. The minimum Gasteiger partial charge on any atom is -0.465 e. The second-order valence-corrected chi connectivity index (χ2v) is 6.07. The Bertz CT molecular complexity index is 317. The number of esters is 1. The van der Waals surface area contributed by atoms with Crippen LogP contribution in [0.3, 0.4) is 0 Å². The number of hydrazine groups is 1.